The molecule has 0 bridgehead atoms. The normalized spacial score (nSPS) is 12.6. The highest BCUT2D eigenvalue weighted by atomic mass is 35.5. The fourth-order valence-electron chi connectivity index (χ4n) is 2.59. The van der Waals surface area contributed by atoms with E-state index in [2.05, 4.69) is 49.3 Å². The molecule has 190 valence electrons. The number of aromatic nitrogens is 2. The molecule has 0 unspecified atom stereocenters. The number of thioether (sulfide) groups is 1. The third-order valence-electron chi connectivity index (χ3n) is 4.47. The van der Waals surface area contributed by atoms with Gasteiger partial charge in [0.1, 0.15) is 16.7 Å². The Morgan fingerprint density at radius 3 is 2.35 bits per heavy atom. The van der Waals surface area contributed by atoms with Crippen molar-refractivity contribution >= 4 is 67.0 Å². The van der Waals surface area contributed by atoms with E-state index in [9.17, 15) is 8.42 Å². The SMILES string of the molecule is COc1nc(SC[Si](C)(C)C)cnc1N(COCC[Si](C)(C)C)S(=O)(=O)c1cccc(Cl)c1Cl. The van der Waals surface area contributed by atoms with Crippen LogP contribution in [0.3, 0.4) is 0 Å². The molecule has 0 aliphatic carbocycles. The number of methoxy groups -OCH3 is 1. The van der Waals surface area contributed by atoms with E-state index in [0.717, 1.165) is 15.7 Å². The molecule has 0 radical (unpaired) electrons. The van der Waals surface area contributed by atoms with E-state index in [1.54, 1.807) is 18.0 Å². The maximum absolute atomic E-state index is 13.7. The van der Waals surface area contributed by atoms with Crippen molar-refractivity contribution in [3.8, 4) is 5.88 Å². The van der Waals surface area contributed by atoms with Crippen LogP contribution in [0.4, 0.5) is 5.82 Å². The van der Waals surface area contributed by atoms with Gasteiger partial charge >= 0.3 is 0 Å². The van der Waals surface area contributed by atoms with Gasteiger partial charge in [-0.2, -0.15) is 0 Å². The Kier molecular flexibility index (Phi) is 10.3. The number of rotatable bonds is 12. The summed E-state index contributed by atoms with van der Waals surface area (Å²) >= 11 is 14.0. The van der Waals surface area contributed by atoms with Crippen LogP contribution in [-0.4, -0.2) is 60.4 Å². The van der Waals surface area contributed by atoms with Gasteiger partial charge in [0.05, 0.1) is 31.4 Å². The van der Waals surface area contributed by atoms with Gasteiger partial charge in [0.2, 0.25) is 5.82 Å². The van der Waals surface area contributed by atoms with Crippen molar-refractivity contribution in [1.82, 2.24) is 9.97 Å². The third kappa shape index (κ3) is 8.39. The average molecular weight is 583 g/mol. The predicted molar refractivity (Wildman–Crippen MR) is 148 cm³/mol. The molecule has 0 aliphatic heterocycles. The molecule has 1 heterocycles. The van der Waals surface area contributed by atoms with Crippen LogP contribution in [-0.2, 0) is 14.8 Å². The summed E-state index contributed by atoms with van der Waals surface area (Å²) in [6.07, 6.45) is 1.56. The van der Waals surface area contributed by atoms with Crippen LogP contribution >= 0.6 is 35.0 Å². The lowest BCUT2D eigenvalue weighted by Crippen LogP contribution is -2.35. The molecule has 0 fully saturated rings. The van der Waals surface area contributed by atoms with Gasteiger partial charge in [-0.1, -0.05) is 68.6 Å². The number of halogens is 2. The topological polar surface area (TPSA) is 81.6 Å². The summed E-state index contributed by atoms with van der Waals surface area (Å²) < 4.78 is 39.7. The lowest BCUT2D eigenvalue weighted by molar-refractivity contribution is 0.155. The monoisotopic (exact) mass is 581 g/mol. The lowest BCUT2D eigenvalue weighted by Gasteiger charge is -2.25. The summed E-state index contributed by atoms with van der Waals surface area (Å²) in [6.45, 7) is 13.6. The van der Waals surface area contributed by atoms with Crippen LogP contribution in [0, 0.1) is 0 Å². The maximum atomic E-state index is 13.7. The van der Waals surface area contributed by atoms with Gasteiger partial charge in [0, 0.05) is 14.7 Å². The Morgan fingerprint density at radius 2 is 1.76 bits per heavy atom. The van der Waals surface area contributed by atoms with Crippen LogP contribution in [0.1, 0.15) is 0 Å². The number of anilines is 1. The summed E-state index contributed by atoms with van der Waals surface area (Å²) in [7, 11) is -5.44. The number of hydrogen-bond donors (Lipinski definition) is 0. The van der Waals surface area contributed by atoms with E-state index >= 15 is 0 Å². The van der Waals surface area contributed by atoms with Gasteiger partial charge in [0.25, 0.3) is 15.9 Å². The van der Waals surface area contributed by atoms with E-state index in [-0.39, 0.29) is 33.4 Å². The summed E-state index contributed by atoms with van der Waals surface area (Å²) in [4.78, 5) is 8.80. The molecule has 34 heavy (non-hydrogen) atoms. The molecule has 0 saturated carbocycles. The van der Waals surface area contributed by atoms with Gasteiger partial charge in [-0.25, -0.2) is 22.7 Å². The Labute approximate surface area is 219 Å². The first kappa shape index (κ1) is 29.4. The van der Waals surface area contributed by atoms with Crippen LogP contribution < -0.4 is 9.04 Å². The molecule has 2 rings (SSSR count). The minimum absolute atomic E-state index is 0.0314. The second kappa shape index (κ2) is 11.9. The molecule has 0 aliphatic rings. The molecule has 0 spiro atoms. The number of benzene rings is 1. The largest absolute Gasteiger partial charge is 0.478 e. The standard InChI is InChI=1S/C21H33Cl2N3O4S2Si2/c1-29-21-20(24-13-18(25-21)31-15-34(5,6)7)26(14-30-11-12-33(2,3)4)32(27,28)17-10-8-9-16(22)19(17)23/h8-10,13H,11-12,14-15H2,1-7H3. The van der Waals surface area contributed by atoms with Crippen molar-refractivity contribution < 1.29 is 17.9 Å². The van der Waals surface area contributed by atoms with Gasteiger partial charge in [0.15, 0.2) is 0 Å². The van der Waals surface area contributed by atoms with Crippen molar-refractivity contribution in [3.63, 3.8) is 0 Å². The molecular formula is C21H33Cl2N3O4S2Si2. The zero-order valence-corrected chi connectivity index (χ0v) is 25.8. The molecule has 0 N–H and O–H groups in total. The second-order valence-corrected chi connectivity index (χ2v) is 25.4. The zero-order valence-electron chi connectivity index (χ0n) is 20.7. The fraction of sp³-hybridized carbons (Fsp3) is 0.524. The van der Waals surface area contributed by atoms with Crippen LogP contribution in [0.5, 0.6) is 5.88 Å². The highest BCUT2D eigenvalue weighted by Gasteiger charge is 2.32. The summed E-state index contributed by atoms with van der Waals surface area (Å²) in [5, 5.41) is 1.69. The minimum Gasteiger partial charge on any atom is -0.478 e. The third-order valence-corrected chi connectivity index (χ3v) is 13.4. The molecule has 1 aromatic heterocycles. The van der Waals surface area contributed by atoms with E-state index in [1.807, 2.05) is 0 Å². The average Bonchev–Trinajstić information content (AvgIpc) is 2.72. The van der Waals surface area contributed by atoms with E-state index in [0.29, 0.717) is 11.6 Å². The predicted octanol–water partition coefficient (Wildman–Crippen LogP) is 6.27. The highest BCUT2D eigenvalue weighted by molar-refractivity contribution is 8.00. The number of hydrogen-bond acceptors (Lipinski definition) is 7. The van der Waals surface area contributed by atoms with Gasteiger partial charge < -0.3 is 9.47 Å². The Bertz CT molecular complexity index is 1090. The molecular weight excluding hydrogens is 549 g/mol. The Hall–Kier alpha value is -0.826. The van der Waals surface area contributed by atoms with Crippen molar-refractivity contribution in [2.45, 2.75) is 55.2 Å². The Morgan fingerprint density at radius 1 is 1.09 bits per heavy atom. The first-order valence-corrected chi connectivity index (χ1v) is 21.3. The number of ether oxygens (including phenoxy) is 2. The van der Waals surface area contributed by atoms with Gasteiger partial charge in [-0.3, -0.25) is 0 Å². The van der Waals surface area contributed by atoms with Crippen LogP contribution in [0.15, 0.2) is 34.3 Å². The first-order valence-electron chi connectivity index (χ1n) is 10.7. The first-order chi connectivity index (χ1) is 15.7. The van der Waals surface area contributed by atoms with Crippen molar-refractivity contribution in [2.75, 3.05) is 30.1 Å². The van der Waals surface area contributed by atoms with E-state index in [4.69, 9.17) is 32.7 Å². The molecule has 0 saturated heterocycles. The van der Waals surface area contributed by atoms with Gasteiger partial charge in [-0.15, -0.1) is 11.8 Å². The number of nitrogens with zero attached hydrogens (tertiary/aromatic N) is 3. The van der Waals surface area contributed by atoms with Crippen molar-refractivity contribution in [1.29, 1.82) is 0 Å². The molecule has 2 aromatic rings. The lowest BCUT2D eigenvalue weighted by atomic mass is 10.4. The molecule has 1 aromatic carbocycles. The summed E-state index contributed by atoms with van der Waals surface area (Å²) in [6, 6.07) is 5.34. The van der Waals surface area contributed by atoms with Crippen molar-refractivity contribution in [2.24, 2.45) is 0 Å². The zero-order chi connectivity index (χ0) is 25.7. The number of sulfonamides is 1. The van der Waals surface area contributed by atoms with Crippen LogP contribution in [0.2, 0.25) is 55.4 Å². The fourth-order valence-corrected chi connectivity index (χ4v) is 7.99. The molecule has 0 amide bonds. The van der Waals surface area contributed by atoms with Crippen LogP contribution in [0.25, 0.3) is 0 Å². The van der Waals surface area contributed by atoms with Gasteiger partial charge in [-0.05, 0) is 23.6 Å². The minimum atomic E-state index is -4.18. The summed E-state index contributed by atoms with van der Waals surface area (Å²) in [5.74, 6) is 0.125. The maximum Gasteiger partial charge on any atom is 0.269 e. The molecule has 7 nitrogen and oxygen atoms in total. The second-order valence-electron chi connectivity index (χ2n) is 10.1. The van der Waals surface area contributed by atoms with E-state index in [1.165, 1.54) is 25.3 Å². The van der Waals surface area contributed by atoms with E-state index < -0.39 is 26.2 Å². The highest BCUT2D eigenvalue weighted by Crippen LogP contribution is 2.35. The summed E-state index contributed by atoms with van der Waals surface area (Å²) in [5.41, 5.74) is 0. The molecule has 13 heteroatoms. The Balaban J connectivity index is 2.47. The van der Waals surface area contributed by atoms with Crippen molar-refractivity contribution in [3.05, 3.63) is 34.4 Å². The molecule has 0 atom stereocenters. The quantitative estimate of drug-likeness (QED) is 0.126. The smallest absolute Gasteiger partial charge is 0.269 e.